The summed E-state index contributed by atoms with van der Waals surface area (Å²) in [4.78, 5) is 92.1. The zero-order valence-corrected chi connectivity index (χ0v) is 46.2. The van der Waals surface area contributed by atoms with Crippen LogP contribution in [0.2, 0.25) is 0 Å². The third-order valence-corrected chi connectivity index (χ3v) is 4.83. The predicted octanol–water partition coefficient (Wildman–Crippen LogP) is -37.8. The van der Waals surface area contributed by atoms with E-state index in [-0.39, 0.29) is 411 Å². The average molecular weight is 727 g/mol. The fourth-order valence-electron chi connectivity index (χ4n) is 3.87. The van der Waals surface area contributed by atoms with Crippen LogP contribution in [-0.4, -0.2) is 47.8 Å². The van der Waals surface area contributed by atoms with Crippen molar-refractivity contribution < 1.29 is 490 Å². The summed E-state index contributed by atoms with van der Waals surface area (Å²) in [5, 5.41) is 92.1. The van der Waals surface area contributed by atoms with Gasteiger partial charge in [0.25, 0.3) is 0 Å². The largest absolute Gasteiger partial charge is 1.00 e. The number of aliphatic carboxylic acids is 8. The van der Waals surface area contributed by atoms with Gasteiger partial charge in [-0.15, -0.1) is 0 Å². The average Bonchev–Trinajstić information content (AvgIpc) is 2.81. The summed E-state index contributed by atoms with van der Waals surface area (Å²) in [5.41, 5.74) is -15.6. The van der Waals surface area contributed by atoms with Crippen molar-refractivity contribution in [1.82, 2.24) is 0 Å². The molecule has 1 fully saturated rings. The first-order chi connectivity index (χ1) is 13.0. The molecule has 2 unspecified atom stereocenters. The molecule has 0 aromatic carbocycles. The number of hydrogen-bond donors (Lipinski definition) is 0. The zero-order valence-electron chi connectivity index (χ0n) is 21.2. The summed E-state index contributed by atoms with van der Waals surface area (Å²) < 4.78 is 0. The Bertz CT molecular complexity index is 807. The van der Waals surface area contributed by atoms with Gasteiger partial charge in [-0.3, -0.25) is 0 Å². The van der Waals surface area contributed by atoms with Crippen LogP contribution < -0.4 is 452 Å². The Labute approximate surface area is 547 Å². The third-order valence-electron chi connectivity index (χ3n) is 4.83. The van der Waals surface area contributed by atoms with E-state index in [1.807, 2.05) is 0 Å². The van der Waals surface area contributed by atoms with Gasteiger partial charge in [0, 0.05) is 23.8 Å². The molecule has 0 saturated heterocycles. The minimum Gasteiger partial charge on any atom is -0.550 e. The van der Waals surface area contributed by atoms with Crippen LogP contribution in [0.1, 0.15) is 0 Å². The van der Waals surface area contributed by atoms with Crippen molar-refractivity contribution in [3.63, 3.8) is 0 Å². The topological polar surface area (TPSA) is 321 Å². The van der Waals surface area contributed by atoms with Crippen LogP contribution in [0.5, 0.6) is 0 Å². The molecule has 0 spiro atoms. The molecule has 0 aromatic rings. The monoisotopic (exact) mass is 726 g/mol. The molecule has 0 aromatic heterocycles. The normalized spacial score (nSPS) is 18.4. The van der Waals surface area contributed by atoms with Crippen molar-refractivity contribution in [2.45, 2.75) is 0 Å². The van der Waals surface area contributed by atoms with Gasteiger partial charge in [-0.25, -0.2) is 0 Å². The van der Waals surface area contributed by atoms with Gasteiger partial charge in [0.1, 0.15) is 0 Å². The molecule has 0 bridgehead atoms. The maximum absolute atomic E-state index is 11.6. The van der Waals surface area contributed by atoms with Gasteiger partial charge in [0.2, 0.25) is 0 Å². The Morgan fingerprint density at radius 1 is 0.351 bits per heavy atom. The van der Waals surface area contributed by atoms with Crippen molar-refractivity contribution in [2.24, 2.45) is 28.1 Å². The summed E-state index contributed by atoms with van der Waals surface area (Å²) in [6, 6.07) is 0. The van der Waals surface area contributed by atoms with Gasteiger partial charge < -0.3 is 79.2 Å². The second-order valence-corrected chi connectivity index (χ2v) is 5.71. The van der Waals surface area contributed by atoms with Gasteiger partial charge in [-0.1, -0.05) is 0 Å². The predicted molar refractivity (Wildman–Crippen MR) is 54.3 cm³/mol. The number of carboxylic acids is 8. The maximum atomic E-state index is 11.6. The molecule has 158 valence electrons. The van der Waals surface area contributed by atoms with Crippen molar-refractivity contribution >= 4 is 47.8 Å². The molecule has 0 heterocycles. The van der Waals surface area contributed by atoms with E-state index < -0.39 is 75.8 Å². The van der Waals surface area contributed by atoms with Crippen LogP contribution in [0, 0.1) is 28.1 Å². The molecule has 0 radical (unpaired) electrons. The Morgan fingerprint density at radius 2 is 0.514 bits per heavy atom. The summed E-state index contributed by atoms with van der Waals surface area (Å²) in [6.07, 6.45) is 0. The van der Waals surface area contributed by atoms with Gasteiger partial charge in [-0.2, -0.15) is 0 Å². The van der Waals surface area contributed by atoms with Crippen molar-refractivity contribution in [3.05, 3.63) is 0 Å². The van der Waals surface area contributed by atoms with Crippen LogP contribution in [0.4, 0.5) is 0 Å². The number of carboxylic acid groups (broad SMARTS) is 8. The van der Waals surface area contributed by atoms with E-state index in [1.165, 1.54) is 0 Å². The second-order valence-electron chi connectivity index (χ2n) is 5.71. The van der Waals surface area contributed by atoms with Crippen LogP contribution in [0.3, 0.4) is 0 Å². The van der Waals surface area contributed by atoms with Gasteiger partial charge in [0.15, 0.2) is 0 Å². The molecule has 16 nitrogen and oxygen atoms in total. The first-order valence-electron chi connectivity index (χ1n) is 6.75. The van der Waals surface area contributed by atoms with Gasteiger partial charge >= 0.3 is 411 Å². The number of rotatable bonds is 8. The van der Waals surface area contributed by atoms with Crippen LogP contribution in [-0.2, 0) is 38.4 Å². The standard InChI is InChI=1S/C13H10O16.8K/c14-3(15)1-11(5(18)19,6(20)21)2(4(16)17)13(9(26)27,10(28)29)12(1,7(22)23)8(24)25;;;;;;;;/h1-2H,(H,14,15)(H,16,17)(H,18,19)(H,20,21)(H,22,23)(H,24,25)(H,26,27)(H,28,29);;;;;;;;/q;8*+1/p-8. The number of hydrogen-bond acceptors (Lipinski definition) is 16. The van der Waals surface area contributed by atoms with E-state index in [0.29, 0.717) is 0 Å². The van der Waals surface area contributed by atoms with E-state index in [9.17, 15) is 79.2 Å². The quantitative estimate of drug-likeness (QED) is 0.165. The van der Waals surface area contributed by atoms with Crippen molar-refractivity contribution in [1.29, 1.82) is 0 Å². The molecule has 1 aliphatic carbocycles. The molecule has 0 aliphatic heterocycles. The summed E-state index contributed by atoms with van der Waals surface area (Å²) >= 11 is 0. The summed E-state index contributed by atoms with van der Waals surface area (Å²) in [7, 11) is 0. The van der Waals surface area contributed by atoms with Crippen LogP contribution in [0.15, 0.2) is 0 Å². The molecule has 0 N–H and O–H groups in total. The third kappa shape index (κ3) is 11.2. The number of carbonyl (C=O) groups is 8. The zero-order chi connectivity index (χ0) is 23.3. The molecule has 24 heteroatoms. The van der Waals surface area contributed by atoms with E-state index >= 15 is 0 Å². The van der Waals surface area contributed by atoms with Crippen LogP contribution >= 0.6 is 0 Å². The number of carbonyl (C=O) groups excluding carboxylic acids is 8. The van der Waals surface area contributed by atoms with Gasteiger partial charge in [-0.05, 0) is 0 Å². The second kappa shape index (κ2) is 26.7. The minimum atomic E-state index is -5.30. The smallest absolute Gasteiger partial charge is 0.550 e. The van der Waals surface area contributed by atoms with E-state index in [2.05, 4.69) is 0 Å². The molecule has 1 aliphatic rings. The van der Waals surface area contributed by atoms with E-state index in [0.717, 1.165) is 0 Å². The van der Waals surface area contributed by atoms with E-state index in [1.54, 1.807) is 0 Å². The fraction of sp³-hybridized carbons (Fsp3) is 0.385. The fourth-order valence-corrected chi connectivity index (χ4v) is 3.87. The molecule has 1 saturated carbocycles. The first-order valence-corrected chi connectivity index (χ1v) is 6.75. The summed E-state index contributed by atoms with van der Waals surface area (Å²) in [6.45, 7) is 0. The summed E-state index contributed by atoms with van der Waals surface area (Å²) in [5.74, 6) is -36.8. The molecule has 0 amide bonds. The molecular formula is C13H2K8O16. The molecule has 2 atom stereocenters. The molecule has 1 rings (SSSR count). The Morgan fingerprint density at radius 3 is 0.595 bits per heavy atom. The van der Waals surface area contributed by atoms with Crippen LogP contribution in [0.25, 0.3) is 0 Å². The van der Waals surface area contributed by atoms with E-state index in [4.69, 9.17) is 0 Å². The minimum absolute atomic E-state index is 0. The first kappa shape index (κ1) is 64.4. The molecular weight excluding hydrogens is 725 g/mol. The Balaban J connectivity index is -0.000000175. The van der Waals surface area contributed by atoms with Crippen molar-refractivity contribution in [2.75, 3.05) is 0 Å². The Hall–Kier alpha value is 8.85. The Kier molecular flexibility index (Phi) is 46.4. The maximum Gasteiger partial charge on any atom is 1.00 e. The molecule has 37 heavy (non-hydrogen) atoms. The van der Waals surface area contributed by atoms with Gasteiger partial charge in [0.05, 0.1) is 52.1 Å². The van der Waals surface area contributed by atoms with Crippen molar-refractivity contribution in [3.8, 4) is 0 Å². The SMILES string of the molecule is O=C([O-])C1C(C(=O)[O-])(C(=O)[O-])C(C(=O)[O-])C(C(=O)[O-])(C(=O)[O-])C1(C(=O)[O-])C(=O)[O-].[K+].[K+].[K+].[K+].[K+].[K+].[K+].[K+].